The molecule has 0 aliphatic rings. The van der Waals surface area contributed by atoms with E-state index >= 15 is 0 Å². The van der Waals surface area contributed by atoms with E-state index in [4.69, 9.17) is 19.2 Å². The first-order chi connectivity index (χ1) is 2.00. The standard InChI is InChI=1S/3Ca.H3O4P.Zr.6H/c;;;1-5(2,3)4;;;;;;;/h;;;(H3,1,2,3,4);;;;;;;/q3*+2;;;6*-1. The molecule has 0 fully saturated rings. The maximum Gasteiger partial charge on any atom is 2.00 e. The van der Waals surface area contributed by atoms with Crippen molar-refractivity contribution in [1.29, 1.82) is 0 Å². The molecular weight excluding hydrogens is 306 g/mol. The molecule has 4 nitrogen and oxygen atoms in total. The Labute approximate surface area is 171 Å². The van der Waals surface area contributed by atoms with Crippen LogP contribution in [0.3, 0.4) is 0 Å². The summed E-state index contributed by atoms with van der Waals surface area (Å²) in [6, 6.07) is 0. The Bertz CT molecular complexity index is 76.5. The fourth-order valence-corrected chi connectivity index (χ4v) is 0. The molecule has 0 aromatic heterocycles. The van der Waals surface area contributed by atoms with Crippen molar-refractivity contribution in [2.45, 2.75) is 0 Å². The average molecular weight is 316 g/mol. The zero-order chi connectivity index (χ0) is 4.50. The molecule has 0 heterocycles. The van der Waals surface area contributed by atoms with Gasteiger partial charge in [-0.05, 0) is 0 Å². The number of hydrogen-bond donors (Lipinski definition) is 3. The molecule has 0 aromatic rings. The monoisotopic (exact) mass is 314 g/mol. The van der Waals surface area contributed by atoms with E-state index in [0.717, 1.165) is 0 Å². The maximum absolute atomic E-state index is 8.88. The molecule has 0 amide bonds. The summed E-state index contributed by atoms with van der Waals surface area (Å²) in [6.07, 6.45) is 0. The summed E-state index contributed by atoms with van der Waals surface area (Å²) >= 11 is 0. The van der Waals surface area contributed by atoms with Gasteiger partial charge in [0, 0.05) is 26.2 Å². The van der Waals surface area contributed by atoms with Crippen LogP contribution in [0.4, 0.5) is 0 Å². The van der Waals surface area contributed by atoms with Crippen molar-refractivity contribution in [2.75, 3.05) is 0 Å². The second-order valence-corrected chi connectivity index (χ2v) is 1.54. The van der Waals surface area contributed by atoms with Crippen LogP contribution < -0.4 is 0 Å². The van der Waals surface area contributed by atoms with Gasteiger partial charge in [0.05, 0.1) is 0 Å². The van der Waals surface area contributed by atoms with E-state index in [1.165, 1.54) is 0 Å². The first-order valence-corrected chi connectivity index (χ1v) is 2.35. The topological polar surface area (TPSA) is 77.8 Å². The third-order valence-electron chi connectivity index (χ3n) is 0. The Morgan fingerprint density at radius 2 is 1.00 bits per heavy atom. The van der Waals surface area contributed by atoms with E-state index in [2.05, 4.69) is 0 Å². The molecule has 0 saturated carbocycles. The van der Waals surface area contributed by atoms with Gasteiger partial charge in [0.2, 0.25) is 0 Å². The number of hydrogen-bond acceptors (Lipinski definition) is 1. The quantitative estimate of drug-likeness (QED) is 0.380. The predicted molar refractivity (Wildman–Crippen MR) is 38.2 cm³/mol. The van der Waals surface area contributed by atoms with Gasteiger partial charge in [-0.2, -0.15) is 0 Å². The van der Waals surface area contributed by atoms with Crippen molar-refractivity contribution in [1.82, 2.24) is 0 Å². The Balaban J connectivity index is -0.00000000178. The SMILES string of the molecule is O=P(O)(O)O.[Ca+2].[Ca+2].[Ca+2].[H-].[H-].[H-].[H-].[H-].[H-].[Zr]. The fraction of sp³-hybridized carbons (Fsp3) is 0. The summed E-state index contributed by atoms with van der Waals surface area (Å²) < 4.78 is 8.88. The first kappa shape index (κ1) is 29.2. The van der Waals surface area contributed by atoms with Crippen LogP contribution in [0.15, 0.2) is 0 Å². The van der Waals surface area contributed by atoms with E-state index in [9.17, 15) is 0 Å². The van der Waals surface area contributed by atoms with Crippen molar-refractivity contribution in [3.63, 3.8) is 0 Å². The molecule has 0 saturated heterocycles. The van der Waals surface area contributed by atoms with Crippen LogP contribution in [0.5, 0.6) is 0 Å². The van der Waals surface area contributed by atoms with Crippen LogP contribution in [0.2, 0.25) is 0 Å². The molecule has 0 aliphatic carbocycles. The summed E-state index contributed by atoms with van der Waals surface area (Å²) in [5.41, 5.74) is 0. The van der Waals surface area contributed by atoms with Crippen LogP contribution in [-0.4, -0.2) is 128 Å². The van der Waals surface area contributed by atoms with Gasteiger partial charge < -0.3 is 23.2 Å². The molecule has 0 spiro atoms. The van der Waals surface area contributed by atoms with E-state index in [1.807, 2.05) is 0 Å². The zero-order valence-corrected chi connectivity index (χ0v) is 14.8. The minimum absolute atomic E-state index is 0. The van der Waals surface area contributed by atoms with Crippen molar-refractivity contribution < 1.29 is 54.0 Å². The summed E-state index contributed by atoms with van der Waals surface area (Å²) in [5.74, 6) is 0. The van der Waals surface area contributed by atoms with Crippen molar-refractivity contribution in [3.05, 3.63) is 0 Å². The van der Waals surface area contributed by atoms with Crippen LogP contribution in [0, 0.1) is 0 Å². The molecule has 0 radical (unpaired) electrons. The third kappa shape index (κ3) is 65.1. The maximum atomic E-state index is 8.88. The molecule has 0 aromatic carbocycles. The second kappa shape index (κ2) is 15.3. The van der Waals surface area contributed by atoms with Crippen LogP contribution in [-0.2, 0) is 30.8 Å². The molecule has 3 N–H and O–H groups in total. The van der Waals surface area contributed by atoms with Gasteiger partial charge in [0.15, 0.2) is 0 Å². The minimum Gasteiger partial charge on any atom is -1.00 e. The van der Waals surface area contributed by atoms with E-state index < -0.39 is 7.82 Å². The molecule has 0 bridgehead atoms. The third-order valence-corrected chi connectivity index (χ3v) is 0. The van der Waals surface area contributed by atoms with Crippen molar-refractivity contribution in [2.24, 2.45) is 0 Å². The average Bonchev–Trinajstić information content (AvgIpc) is 0.722. The Morgan fingerprint density at radius 3 is 1.00 bits per heavy atom. The predicted octanol–water partition coefficient (Wildman–Crippen LogP) is -1.40. The summed E-state index contributed by atoms with van der Waals surface area (Å²) in [7, 11) is -4.64. The smallest absolute Gasteiger partial charge is 1.00 e. The molecular formula is H9Ca3O4PZr. The second-order valence-electron chi connectivity index (χ2n) is 0.513. The van der Waals surface area contributed by atoms with Crippen molar-refractivity contribution >= 4 is 121 Å². The van der Waals surface area contributed by atoms with E-state index in [0.29, 0.717) is 0 Å². The first-order valence-electron chi connectivity index (χ1n) is 0.783. The van der Waals surface area contributed by atoms with E-state index in [1.54, 1.807) is 0 Å². The molecule has 9 heteroatoms. The molecule has 9 heavy (non-hydrogen) atoms. The molecule has 0 aliphatic heterocycles. The number of phosphoric acid groups is 1. The zero-order valence-electron chi connectivity index (χ0n) is 10.8. The van der Waals surface area contributed by atoms with Gasteiger partial charge in [-0.25, -0.2) is 4.57 Å². The van der Waals surface area contributed by atoms with Crippen molar-refractivity contribution in [3.8, 4) is 0 Å². The van der Waals surface area contributed by atoms with Gasteiger partial charge >= 0.3 is 121 Å². The molecule has 48 valence electrons. The Morgan fingerprint density at radius 1 is 1.00 bits per heavy atom. The molecule has 0 unspecified atom stereocenters. The summed E-state index contributed by atoms with van der Waals surface area (Å²) in [4.78, 5) is 21.6. The minimum atomic E-state index is -4.64. The van der Waals surface area contributed by atoms with Crippen LogP contribution >= 0.6 is 7.82 Å². The Kier molecular flexibility index (Phi) is 49.5. The number of rotatable bonds is 0. The largest absolute Gasteiger partial charge is 2.00 e. The molecule has 0 rings (SSSR count). The fourth-order valence-electron chi connectivity index (χ4n) is 0. The van der Waals surface area contributed by atoms with Gasteiger partial charge in [-0.15, -0.1) is 0 Å². The van der Waals surface area contributed by atoms with Gasteiger partial charge in [-0.1, -0.05) is 0 Å². The van der Waals surface area contributed by atoms with Gasteiger partial charge in [-0.3, -0.25) is 0 Å². The van der Waals surface area contributed by atoms with Crippen LogP contribution in [0.1, 0.15) is 8.56 Å². The van der Waals surface area contributed by atoms with E-state index in [-0.39, 0.29) is 148 Å². The van der Waals surface area contributed by atoms with Gasteiger partial charge in [0.25, 0.3) is 0 Å². The summed E-state index contributed by atoms with van der Waals surface area (Å²) in [6.45, 7) is 0. The van der Waals surface area contributed by atoms with Gasteiger partial charge in [0.1, 0.15) is 0 Å². The molecule has 0 atom stereocenters. The Hall–Kier alpha value is 4.77. The van der Waals surface area contributed by atoms with Crippen LogP contribution in [0.25, 0.3) is 0 Å². The normalized spacial score (nSPS) is 6.56. The summed E-state index contributed by atoms with van der Waals surface area (Å²) in [5, 5.41) is 0.